The summed E-state index contributed by atoms with van der Waals surface area (Å²) in [6.07, 6.45) is 0. The van der Waals surface area contributed by atoms with E-state index in [-0.39, 0.29) is 0 Å². The lowest BCUT2D eigenvalue weighted by Gasteiger charge is -2.00. The summed E-state index contributed by atoms with van der Waals surface area (Å²) in [5, 5.41) is 0. The van der Waals surface area contributed by atoms with E-state index < -0.39 is 0 Å². The lowest BCUT2D eigenvalue weighted by Crippen LogP contribution is -1.93. The van der Waals surface area contributed by atoms with Crippen LogP contribution in [-0.2, 0) is 14.4 Å². The zero-order valence-electron chi connectivity index (χ0n) is 6.00. The van der Waals surface area contributed by atoms with E-state index in [2.05, 4.69) is 0 Å². The molecular formula is C8H9IO2. The normalized spacial score (nSPS) is 9.91. The molecule has 0 radical (unpaired) electrons. The highest BCUT2D eigenvalue weighted by atomic mass is 127. The molecule has 0 saturated heterocycles. The molecular weight excluding hydrogens is 255 g/mol. The maximum absolute atomic E-state index is 5.14. The maximum atomic E-state index is 5.14. The van der Waals surface area contributed by atoms with Crippen molar-refractivity contribution >= 4 is 23.0 Å². The summed E-state index contributed by atoms with van der Waals surface area (Å²) in [7, 11) is 0. The van der Waals surface area contributed by atoms with Crippen LogP contribution in [0.2, 0.25) is 0 Å². The molecule has 0 amide bonds. The van der Waals surface area contributed by atoms with Gasteiger partial charge in [-0.25, -0.2) is 0 Å². The largest absolute Gasteiger partial charge is 0.350 e. The lowest BCUT2D eigenvalue weighted by atomic mass is 10.2. The third-order valence-corrected chi connectivity index (χ3v) is 1.49. The second-order valence-corrected chi connectivity index (χ2v) is 2.68. The van der Waals surface area contributed by atoms with Gasteiger partial charge in [-0.1, -0.05) is 30.3 Å². The van der Waals surface area contributed by atoms with Crippen LogP contribution in [0.5, 0.6) is 0 Å². The third kappa shape index (κ3) is 3.69. The second-order valence-electron chi connectivity index (χ2n) is 2.06. The van der Waals surface area contributed by atoms with E-state index in [1.807, 2.05) is 30.3 Å². The molecule has 60 valence electrons. The second kappa shape index (κ2) is 5.51. The highest BCUT2D eigenvalue weighted by Crippen LogP contribution is 2.00. The van der Waals surface area contributed by atoms with E-state index in [4.69, 9.17) is 7.80 Å². The van der Waals surface area contributed by atoms with Crippen molar-refractivity contribution in [3.05, 3.63) is 35.9 Å². The molecule has 0 unspecified atom stereocenters. The quantitative estimate of drug-likeness (QED) is 0.472. The third-order valence-electron chi connectivity index (χ3n) is 1.24. The summed E-state index contributed by atoms with van der Waals surface area (Å²) in [6.45, 7) is 0.958. The van der Waals surface area contributed by atoms with Gasteiger partial charge in [0.1, 0.15) is 23.0 Å². The Morgan fingerprint density at radius 3 is 2.55 bits per heavy atom. The summed E-state index contributed by atoms with van der Waals surface area (Å²) < 4.78 is 9.85. The Labute approximate surface area is 80.2 Å². The lowest BCUT2D eigenvalue weighted by molar-refractivity contribution is 0.0304. The van der Waals surface area contributed by atoms with Gasteiger partial charge in [0.2, 0.25) is 0 Å². The average molecular weight is 264 g/mol. The van der Waals surface area contributed by atoms with Crippen molar-refractivity contribution in [1.82, 2.24) is 0 Å². The van der Waals surface area contributed by atoms with Crippen molar-refractivity contribution in [3.8, 4) is 0 Å². The van der Waals surface area contributed by atoms with Gasteiger partial charge in [-0.15, -0.1) is 0 Å². The Morgan fingerprint density at radius 2 is 1.91 bits per heavy atom. The molecule has 0 N–H and O–H groups in total. The molecule has 0 heterocycles. The molecule has 0 spiro atoms. The Bertz CT molecular complexity index is 189. The molecule has 1 aromatic rings. The van der Waals surface area contributed by atoms with E-state index in [0.717, 1.165) is 0 Å². The predicted octanol–water partition coefficient (Wildman–Crippen LogP) is 2.53. The van der Waals surface area contributed by atoms with Crippen LogP contribution >= 0.6 is 23.0 Å². The summed E-state index contributed by atoms with van der Waals surface area (Å²) in [4.78, 5) is 0. The van der Waals surface area contributed by atoms with Gasteiger partial charge in [0, 0.05) is 0 Å². The molecule has 11 heavy (non-hydrogen) atoms. The van der Waals surface area contributed by atoms with Gasteiger partial charge in [-0.05, 0) is 5.56 Å². The van der Waals surface area contributed by atoms with E-state index in [1.165, 1.54) is 5.56 Å². The zero-order valence-corrected chi connectivity index (χ0v) is 8.15. The monoisotopic (exact) mass is 264 g/mol. The molecule has 0 aromatic heterocycles. The molecule has 0 aliphatic heterocycles. The van der Waals surface area contributed by atoms with Gasteiger partial charge < -0.3 is 4.74 Å². The fourth-order valence-corrected chi connectivity index (χ4v) is 0.945. The topological polar surface area (TPSA) is 18.5 Å². The number of benzene rings is 1. The molecule has 0 atom stereocenters. The van der Waals surface area contributed by atoms with Crippen LogP contribution in [0.3, 0.4) is 0 Å². The van der Waals surface area contributed by atoms with Crippen LogP contribution in [0.1, 0.15) is 5.56 Å². The van der Waals surface area contributed by atoms with E-state index in [1.54, 1.807) is 23.0 Å². The minimum absolute atomic E-state index is 0.343. The van der Waals surface area contributed by atoms with Crippen molar-refractivity contribution < 1.29 is 7.80 Å². The Morgan fingerprint density at radius 1 is 1.18 bits per heavy atom. The van der Waals surface area contributed by atoms with E-state index in [0.29, 0.717) is 13.4 Å². The van der Waals surface area contributed by atoms with Crippen molar-refractivity contribution in [2.45, 2.75) is 6.61 Å². The number of hydrogen-bond donors (Lipinski definition) is 0. The highest BCUT2D eigenvalue weighted by molar-refractivity contribution is 14.1. The van der Waals surface area contributed by atoms with E-state index >= 15 is 0 Å². The number of halogens is 1. The van der Waals surface area contributed by atoms with Crippen LogP contribution in [0, 0.1) is 0 Å². The van der Waals surface area contributed by atoms with Gasteiger partial charge in [-0.2, -0.15) is 0 Å². The molecule has 1 aromatic carbocycles. The Hall–Kier alpha value is -0.130. The van der Waals surface area contributed by atoms with Crippen molar-refractivity contribution in [3.63, 3.8) is 0 Å². The van der Waals surface area contributed by atoms with Crippen LogP contribution in [0.25, 0.3) is 0 Å². The SMILES string of the molecule is IOCOCc1ccccc1. The average Bonchev–Trinajstić information content (AvgIpc) is 2.07. The molecule has 0 aliphatic rings. The summed E-state index contributed by atoms with van der Waals surface area (Å²) >= 11 is 1.81. The minimum atomic E-state index is 0.343. The minimum Gasteiger partial charge on any atom is -0.350 e. The van der Waals surface area contributed by atoms with Crippen molar-refractivity contribution in [2.24, 2.45) is 0 Å². The van der Waals surface area contributed by atoms with E-state index in [9.17, 15) is 0 Å². The first-order valence-corrected chi connectivity index (χ1v) is 4.17. The maximum Gasteiger partial charge on any atom is 0.158 e. The molecule has 0 fully saturated rings. The molecule has 0 saturated carbocycles. The molecule has 0 bridgehead atoms. The van der Waals surface area contributed by atoms with Gasteiger partial charge in [-0.3, -0.25) is 3.07 Å². The standard InChI is InChI=1S/C8H9IO2/c9-11-7-10-6-8-4-2-1-3-5-8/h1-5H,6-7H2. The number of ether oxygens (including phenoxy) is 1. The Kier molecular flexibility index (Phi) is 4.49. The zero-order chi connectivity index (χ0) is 7.94. The molecule has 2 nitrogen and oxygen atoms in total. The van der Waals surface area contributed by atoms with Gasteiger partial charge >= 0.3 is 0 Å². The number of hydrogen-bond acceptors (Lipinski definition) is 2. The van der Waals surface area contributed by atoms with Crippen LogP contribution in [-0.4, -0.2) is 6.79 Å². The molecule has 1 rings (SSSR count). The van der Waals surface area contributed by atoms with Crippen molar-refractivity contribution in [2.75, 3.05) is 6.79 Å². The molecule has 3 heteroatoms. The van der Waals surface area contributed by atoms with Crippen LogP contribution < -0.4 is 0 Å². The van der Waals surface area contributed by atoms with Crippen molar-refractivity contribution in [1.29, 1.82) is 0 Å². The highest BCUT2D eigenvalue weighted by Gasteiger charge is 1.89. The van der Waals surface area contributed by atoms with Crippen LogP contribution in [0.4, 0.5) is 0 Å². The fourth-order valence-electron chi connectivity index (χ4n) is 0.765. The van der Waals surface area contributed by atoms with Gasteiger partial charge in [0.15, 0.2) is 6.79 Å². The van der Waals surface area contributed by atoms with Crippen LogP contribution in [0.15, 0.2) is 30.3 Å². The fraction of sp³-hybridized carbons (Fsp3) is 0.250. The Balaban J connectivity index is 2.28. The van der Waals surface area contributed by atoms with Gasteiger partial charge in [0.05, 0.1) is 6.61 Å². The first kappa shape index (κ1) is 8.96. The van der Waals surface area contributed by atoms with Gasteiger partial charge in [0.25, 0.3) is 0 Å². The molecule has 0 aliphatic carbocycles. The first-order chi connectivity index (χ1) is 5.43. The summed E-state index contributed by atoms with van der Waals surface area (Å²) in [5.41, 5.74) is 1.17. The predicted molar refractivity (Wildman–Crippen MR) is 51.2 cm³/mol. The number of rotatable bonds is 4. The first-order valence-electron chi connectivity index (χ1n) is 3.28. The smallest absolute Gasteiger partial charge is 0.158 e. The summed E-state index contributed by atoms with van der Waals surface area (Å²) in [6, 6.07) is 10.0. The summed E-state index contributed by atoms with van der Waals surface area (Å²) in [5.74, 6) is 0.